The van der Waals surface area contributed by atoms with Gasteiger partial charge in [-0.2, -0.15) is 0 Å². The fourth-order valence-corrected chi connectivity index (χ4v) is 14.7. The molecular formula is C74H44N8S. The van der Waals surface area contributed by atoms with E-state index in [0.29, 0.717) is 0 Å². The average Bonchev–Trinajstić information content (AvgIpc) is 2.45. The number of hydrogen-bond acceptors (Lipinski definition) is 5. The first-order chi connectivity index (χ1) is 41.2. The molecule has 0 amide bonds. The fourth-order valence-electron chi connectivity index (χ4n) is 13.5. The average molecular weight is 1080 g/mol. The van der Waals surface area contributed by atoms with E-state index in [1.807, 2.05) is 48.5 Å². The molecule has 0 bridgehead atoms. The van der Waals surface area contributed by atoms with E-state index >= 15 is 0 Å². The number of thiophene rings is 1. The lowest BCUT2D eigenvalue weighted by molar-refractivity contribution is 0.960. The Morgan fingerprint density at radius 2 is 0.675 bits per heavy atom. The first-order valence-corrected chi connectivity index (χ1v) is 28.7. The van der Waals surface area contributed by atoms with Gasteiger partial charge in [0.2, 0.25) is 0 Å². The van der Waals surface area contributed by atoms with E-state index in [1.54, 1.807) is 0 Å². The third-order valence-corrected chi connectivity index (χ3v) is 18.3. The van der Waals surface area contributed by atoms with Crippen molar-refractivity contribution >= 4 is 119 Å². The molecular weight excluding hydrogens is 1030 g/mol. The summed E-state index contributed by atoms with van der Waals surface area (Å²) in [5.74, 6) is 1.52. The summed E-state index contributed by atoms with van der Waals surface area (Å²) >= 11 is 1.85. The van der Waals surface area contributed by atoms with Crippen molar-refractivity contribution in [2.45, 2.75) is 0 Å². The molecule has 0 N–H and O–H groups in total. The van der Waals surface area contributed by atoms with Crippen molar-refractivity contribution in [2.75, 3.05) is 0 Å². The molecule has 0 unspecified atom stereocenters. The zero-order valence-electron chi connectivity index (χ0n) is 44.4. The first kappa shape index (κ1) is 45.8. The molecule has 9 aromatic carbocycles. The lowest BCUT2D eigenvalue weighted by Gasteiger charge is -2.27. The van der Waals surface area contributed by atoms with E-state index in [1.165, 1.54) is 20.2 Å². The summed E-state index contributed by atoms with van der Waals surface area (Å²) < 4.78 is 12.2. The fraction of sp³-hybridized carbons (Fsp3) is 0. The van der Waals surface area contributed by atoms with Crippen molar-refractivity contribution in [1.29, 1.82) is 0 Å². The third-order valence-electron chi connectivity index (χ3n) is 17.1. The standard InChI is InChI=1S/C74H44N8S/c1-3-16-45(17-4-1)47-30-32-63-55(40-47)56-41-48(46-18-5-2-6-19-46)31-33-64(56)80(63)71-69(54-25-15-24-53-52-23-10-14-29-68(52)83-72(53)54)70(79-60-26-11-7-20-49(60)57-42-75-37-34-65(57)79)73(81-61-27-12-8-21-50(61)58-43-76-38-35-66(58)81)78-74(71)82-62-28-13-9-22-51(62)59-44-77-39-36-67(59)82/h1-44H. The summed E-state index contributed by atoms with van der Waals surface area (Å²) in [7, 11) is 0. The molecule has 0 aliphatic rings. The number of benzene rings is 9. The molecule has 18 aromatic rings. The summed E-state index contributed by atoms with van der Waals surface area (Å²) in [4.78, 5) is 20.8. The Kier molecular flexibility index (Phi) is 9.80. The van der Waals surface area contributed by atoms with Gasteiger partial charge in [0.05, 0.1) is 44.1 Å². The monoisotopic (exact) mass is 1080 g/mol. The summed E-state index contributed by atoms with van der Waals surface area (Å²) in [6.45, 7) is 0. The van der Waals surface area contributed by atoms with Gasteiger partial charge in [-0.05, 0) is 89.0 Å². The molecule has 83 heavy (non-hydrogen) atoms. The molecule has 0 saturated heterocycles. The molecule has 0 atom stereocenters. The van der Waals surface area contributed by atoms with Crippen LogP contribution in [-0.2, 0) is 0 Å². The predicted octanol–water partition coefficient (Wildman–Crippen LogP) is 19.0. The quantitative estimate of drug-likeness (QED) is 0.159. The molecule has 0 spiro atoms. The maximum atomic E-state index is 6.47. The van der Waals surface area contributed by atoms with Crippen LogP contribution >= 0.6 is 11.3 Å². The Morgan fingerprint density at radius 3 is 1.18 bits per heavy atom. The van der Waals surface area contributed by atoms with Crippen LogP contribution in [-0.4, -0.2) is 38.2 Å². The predicted molar refractivity (Wildman–Crippen MR) is 344 cm³/mol. The molecule has 0 saturated carbocycles. The summed E-state index contributed by atoms with van der Waals surface area (Å²) in [6, 6.07) is 83.9. The minimum absolute atomic E-state index is 0.757. The van der Waals surface area contributed by atoms with Crippen LogP contribution in [0.3, 0.4) is 0 Å². The van der Waals surface area contributed by atoms with Crippen molar-refractivity contribution in [2.24, 2.45) is 0 Å². The summed E-state index contributed by atoms with van der Waals surface area (Å²) in [6.07, 6.45) is 11.8. The highest BCUT2D eigenvalue weighted by atomic mass is 32.1. The Labute approximate surface area is 478 Å². The van der Waals surface area contributed by atoms with E-state index in [9.17, 15) is 0 Å². The Morgan fingerprint density at radius 1 is 0.277 bits per heavy atom. The second-order valence-electron chi connectivity index (χ2n) is 21.4. The Bertz CT molecular complexity index is 5450. The van der Waals surface area contributed by atoms with Crippen LogP contribution < -0.4 is 0 Å². The largest absolute Gasteiger partial charge is 0.305 e. The van der Waals surface area contributed by atoms with Crippen LogP contribution in [0.25, 0.3) is 164 Å². The van der Waals surface area contributed by atoms with Crippen molar-refractivity contribution in [3.8, 4) is 56.4 Å². The van der Waals surface area contributed by atoms with Crippen molar-refractivity contribution in [3.63, 3.8) is 0 Å². The molecule has 0 aliphatic carbocycles. The first-order valence-electron chi connectivity index (χ1n) is 27.9. The number of fused-ring (bicyclic) bond motifs is 15. The number of para-hydroxylation sites is 3. The van der Waals surface area contributed by atoms with Gasteiger partial charge < -0.3 is 9.13 Å². The van der Waals surface area contributed by atoms with Crippen molar-refractivity contribution in [1.82, 2.24) is 38.2 Å². The zero-order chi connectivity index (χ0) is 54.3. The van der Waals surface area contributed by atoms with Crippen molar-refractivity contribution < 1.29 is 0 Å². The number of aromatic nitrogens is 8. The van der Waals surface area contributed by atoms with Gasteiger partial charge in [-0.1, -0.05) is 164 Å². The molecule has 9 aromatic heterocycles. The van der Waals surface area contributed by atoms with Crippen LogP contribution in [0, 0.1) is 0 Å². The SMILES string of the molecule is c1ccc(-c2ccc3c(c2)c2cc(-c4ccccc4)ccc2n3-c2c(-n3c4ccccc4c4cnccc43)nc(-n3c4ccccc4c4cnccc43)c(-n3c4ccccc4c4cnccc43)c2-c2cccc3c2sc2ccccc23)cc1. The molecule has 386 valence electrons. The van der Waals surface area contributed by atoms with Gasteiger partial charge in [-0.3, -0.25) is 24.1 Å². The number of nitrogens with zero attached hydrogens (tertiary/aromatic N) is 8. The molecule has 8 nitrogen and oxygen atoms in total. The zero-order valence-corrected chi connectivity index (χ0v) is 45.2. The van der Waals surface area contributed by atoms with Crippen LogP contribution in [0.5, 0.6) is 0 Å². The second-order valence-corrected chi connectivity index (χ2v) is 22.4. The lowest BCUT2D eigenvalue weighted by atomic mass is 9.98. The van der Waals surface area contributed by atoms with Gasteiger partial charge in [0.25, 0.3) is 0 Å². The Balaban J connectivity index is 1.15. The van der Waals surface area contributed by atoms with Gasteiger partial charge in [0.15, 0.2) is 11.6 Å². The third kappa shape index (κ3) is 6.62. The molecule has 0 fully saturated rings. The maximum Gasteiger partial charge on any atom is 0.165 e. The smallest absolute Gasteiger partial charge is 0.165 e. The summed E-state index contributed by atoms with van der Waals surface area (Å²) in [5, 5.41) is 11.1. The van der Waals surface area contributed by atoms with Gasteiger partial charge in [-0.25, -0.2) is 4.98 Å². The molecule has 0 aliphatic heterocycles. The number of rotatable bonds is 7. The van der Waals surface area contributed by atoms with Crippen molar-refractivity contribution in [3.05, 3.63) is 268 Å². The second kappa shape index (κ2) is 17.7. The highest BCUT2D eigenvalue weighted by Gasteiger charge is 2.34. The van der Waals surface area contributed by atoms with Crippen LogP contribution in [0.4, 0.5) is 0 Å². The lowest BCUT2D eigenvalue weighted by Crippen LogP contribution is -2.16. The van der Waals surface area contributed by atoms with Crippen LogP contribution in [0.2, 0.25) is 0 Å². The number of hydrogen-bond donors (Lipinski definition) is 0. The normalized spacial score (nSPS) is 12.1. The molecule has 18 rings (SSSR count). The maximum absolute atomic E-state index is 6.47. The molecule has 0 radical (unpaired) electrons. The topological polar surface area (TPSA) is 71.3 Å². The van der Waals surface area contributed by atoms with Gasteiger partial charge in [0.1, 0.15) is 11.4 Å². The van der Waals surface area contributed by atoms with E-state index in [4.69, 9.17) is 19.9 Å². The highest BCUT2D eigenvalue weighted by molar-refractivity contribution is 7.26. The van der Waals surface area contributed by atoms with Gasteiger partial charge >= 0.3 is 0 Å². The summed E-state index contributed by atoms with van der Waals surface area (Å²) in [5.41, 5.74) is 16.7. The minimum Gasteiger partial charge on any atom is -0.305 e. The van der Waals surface area contributed by atoms with E-state index in [2.05, 4.69) is 249 Å². The highest BCUT2D eigenvalue weighted by Crippen LogP contribution is 2.52. The van der Waals surface area contributed by atoms with E-state index in [-0.39, 0.29) is 0 Å². The van der Waals surface area contributed by atoms with E-state index in [0.717, 1.165) is 144 Å². The Hall–Kier alpha value is -11.0. The van der Waals surface area contributed by atoms with Crippen LogP contribution in [0.15, 0.2) is 268 Å². The minimum atomic E-state index is 0.757. The molecule has 9 heterocycles. The van der Waals surface area contributed by atoms with Gasteiger partial charge in [-0.15, -0.1) is 11.3 Å². The van der Waals surface area contributed by atoms with E-state index < -0.39 is 0 Å². The number of pyridine rings is 4. The van der Waals surface area contributed by atoms with Gasteiger partial charge in [0, 0.05) is 112 Å². The molecule has 9 heteroatoms. The van der Waals surface area contributed by atoms with Crippen LogP contribution in [0.1, 0.15) is 0 Å².